The second kappa shape index (κ2) is 6.72. The molecule has 7 heteroatoms. The molecule has 0 spiro atoms. The normalized spacial score (nSPS) is 13.0. The van der Waals surface area contributed by atoms with Crippen molar-refractivity contribution in [3.63, 3.8) is 0 Å². The highest BCUT2D eigenvalue weighted by molar-refractivity contribution is 7.16. The van der Waals surface area contributed by atoms with E-state index in [4.69, 9.17) is 0 Å². The molecule has 0 saturated carbocycles. The Kier molecular flexibility index (Phi) is 5.11. The van der Waals surface area contributed by atoms with Crippen molar-refractivity contribution >= 4 is 17.2 Å². The standard InChI is InChI=1S/C16H18F2N2O2S/c1-16(2,3)13(21)8-19-14(22)12-7-20-15(23-12)9-4-5-10(17)11(18)6-9/h4-7,13,21H,8H2,1-3H3,(H,19,22). The summed E-state index contributed by atoms with van der Waals surface area (Å²) in [7, 11) is 0. The molecular weight excluding hydrogens is 322 g/mol. The molecule has 2 N–H and O–H groups in total. The van der Waals surface area contributed by atoms with E-state index in [0.29, 0.717) is 15.4 Å². The number of hydrogen-bond donors (Lipinski definition) is 2. The van der Waals surface area contributed by atoms with Crippen LogP contribution >= 0.6 is 11.3 Å². The van der Waals surface area contributed by atoms with Crippen LogP contribution in [0, 0.1) is 17.0 Å². The van der Waals surface area contributed by atoms with E-state index in [1.807, 2.05) is 20.8 Å². The number of carbonyl (C=O) groups excluding carboxylic acids is 1. The molecule has 0 aliphatic carbocycles. The number of amides is 1. The van der Waals surface area contributed by atoms with Crippen molar-refractivity contribution in [3.05, 3.63) is 40.9 Å². The van der Waals surface area contributed by atoms with Gasteiger partial charge in [0.15, 0.2) is 11.6 Å². The van der Waals surface area contributed by atoms with E-state index < -0.39 is 17.7 Å². The van der Waals surface area contributed by atoms with Gasteiger partial charge in [-0.1, -0.05) is 20.8 Å². The quantitative estimate of drug-likeness (QED) is 0.898. The molecule has 0 saturated heterocycles. The van der Waals surface area contributed by atoms with Crippen molar-refractivity contribution in [1.29, 1.82) is 0 Å². The molecule has 1 unspecified atom stereocenters. The first-order valence-electron chi connectivity index (χ1n) is 7.06. The summed E-state index contributed by atoms with van der Waals surface area (Å²) in [5, 5.41) is 13.0. The fraction of sp³-hybridized carbons (Fsp3) is 0.375. The molecule has 124 valence electrons. The van der Waals surface area contributed by atoms with Crippen molar-refractivity contribution in [2.75, 3.05) is 6.54 Å². The van der Waals surface area contributed by atoms with Crippen LogP contribution in [0.4, 0.5) is 8.78 Å². The average molecular weight is 340 g/mol. The summed E-state index contributed by atoms with van der Waals surface area (Å²) < 4.78 is 26.2. The molecule has 2 aromatic rings. The van der Waals surface area contributed by atoms with E-state index in [0.717, 1.165) is 23.5 Å². The van der Waals surface area contributed by atoms with Gasteiger partial charge in [-0.15, -0.1) is 11.3 Å². The summed E-state index contributed by atoms with van der Waals surface area (Å²) in [4.78, 5) is 16.5. The monoisotopic (exact) mass is 340 g/mol. The number of aromatic nitrogens is 1. The highest BCUT2D eigenvalue weighted by Gasteiger charge is 2.23. The summed E-state index contributed by atoms with van der Waals surface area (Å²) in [6.07, 6.45) is 0.699. The van der Waals surface area contributed by atoms with E-state index in [1.165, 1.54) is 12.3 Å². The van der Waals surface area contributed by atoms with Gasteiger partial charge in [0.1, 0.15) is 9.88 Å². The second-order valence-electron chi connectivity index (χ2n) is 6.25. The average Bonchev–Trinajstić information content (AvgIpc) is 2.96. The Balaban J connectivity index is 2.06. The van der Waals surface area contributed by atoms with Crippen molar-refractivity contribution in [2.24, 2.45) is 5.41 Å². The van der Waals surface area contributed by atoms with Gasteiger partial charge in [-0.25, -0.2) is 13.8 Å². The van der Waals surface area contributed by atoms with Crippen molar-refractivity contribution in [1.82, 2.24) is 10.3 Å². The highest BCUT2D eigenvalue weighted by atomic mass is 32.1. The maximum absolute atomic E-state index is 13.2. The summed E-state index contributed by atoms with van der Waals surface area (Å²) >= 11 is 1.07. The van der Waals surface area contributed by atoms with Crippen molar-refractivity contribution < 1.29 is 18.7 Å². The maximum Gasteiger partial charge on any atom is 0.263 e. The minimum atomic E-state index is -0.961. The molecule has 1 aromatic carbocycles. The number of nitrogens with zero attached hydrogens (tertiary/aromatic N) is 1. The summed E-state index contributed by atoms with van der Waals surface area (Å²) in [5.41, 5.74) is 0.0697. The van der Waals surface area contributed by atoms with Gasteiger partial charge in [0.25, 0.3) is 5.91 Å². The Morgan fingerprint density at radius 3 is 2.65 bits per heavy atom. The summed E-state index contributed by atoms with van der Waals surface area (Å²) in [6.45, 7) is 5.74. The fourth-order valence-corrected chi connectivity index (χ4v) is 2.55. The van der Waals surface area contributed by atoms with Crippen molar-refractivity contribution in [2.45, 2.75) is 26.9 Å². The topological polar surface area (TPSA) is 62.2 Å². The first-order valence-corrected chi connectivity index (χ1v) is 7.87. The number of aliphatic hydroxyl groups is 1. The van der Waals surface area contributed by atoms with Gasteiger partial charge in [-0.3, -0.25) is 4.79 Å². The zero-order valence-corrected chi connectivity index (χ0v) is 13.9. The van der Waals surface area contributed by atoms with Gasteiger partial charge in [0, 0.05) is 12.1 Å². The van der Waals surface area contributed by atoms with E-state index in [9.17, 15) is 18.7 Å². The van der Waals surface area contributed by atoms with Gasteiger partial charge in [0.2, 0.25) is 0 Å². The van der Waals surface area contributed by atoms with Crippen LogP contribution in [0.5, 0.6) is 0 Å². The lowest BCUT2D eigenvalue weighted by atomic mass is 9.89. The lowest BCUT2D eigenvalue weighted by Crippen LogP contribution is -2.39. The number of aliphatic hydroxyl groups excluding tert-OH is 1. The Hall–Kier alpha value is -1.86. The zero-order valence-electron chi connectivity index (χ0n) is 13.1. The molecule has 0 aliphatic rings. The minimum absolute atomic E-state index is 0.126. The van der Waals surface area contributed by atoms with E-state index in [2.05, 4.69) is 10.3 Å². The molecule has 1 heterocycles. The Labute approximate surface area is 137 Å². The maximum atomic E-state index is 13.2. The predicted molar refractivity (Wildman–Crippen MR) is 85.3 cm³/mol. The fourth-order valence-electron chi connectivity index (χ4n) is 1.72. The third-order valence-corrected chi connectivity index (χ3v) is 4.40. The third kappa shape index (κ3) is 4.33. The Morgan fingerprint density at radius 2 is 2.04 bits per heavy atom. The van der Waals surface area contributed by atoms with Gasteiger partial charge in [-0.05, 0) is 23.6 Å². The van der Waals surface area contributed by atoms with Gasteiger partial charge >= 0.3 is 0 Å². The number of nitrogens with one attached hydrogen (secondary N) is 1. The van der Waals surface area contributed by atoms with E-state index in [1.54, 1.807) is 0 Å². The number of rotatable bonds is 4. The third-order valence-electron chi connectivity index (χ3n) is 3.35. The van der Waals surface area contributed by atoms with Gasteiger partial charge < -0.3 is 10.4 Å². The number of benzene rings is 1. The molecule has 0 bridgehead atoms. The smallest absolute Gasteiger partial charge is 0.263 e. The lowest BCUT2D eigenvalue weighted by Gasteiger charge is -2.25. The molecule has 4 nitrogen and oxygen atoms in total. The van der Waals surface area contributed by atoms with Crippen LogP contribution in [0.3, 0.4) is 0 Å². The van der Waals surface area contributed by atoms with Gasteiger partial charge in [-0.2, -0.15) is 0 Å². The minimum Gasteiger partial charge on any atom is -0.391 e. The molecule has 0 fully saturated rings. The first kappa shape index (κ1) is 17.5. The van der Waals surface area contributed by atoms with E-state index in [-0.39, 0.29) is 17.9 Å². The Bertz CT molecular complexity index is 710. The molecule has 0 radical (unpaired) electrons. The van der Waals surface area contributed by atoms with E-state index >= 15 is 0 Å². The number of thiazole rings is 1. The molecule has 23 heavy (non-hydrogen) atoms. The van der Waals surface area contributed by atoms with Crippen LogP contribution in [0.15, 0.2) is 24.4 Å². The highest BCUT2D eigenvalue weighted by Crippen LogP contribution is 2.26. The molecule has 1 aromatic heterocycles. The van der Waals surface area contributed by atoms with Crippen LogP contribution in [-0.2, 0) is 0 Å². The number of carbonyl (C=O) groups is 1. The zero-order chi connectivity index (χ0) is 17.2. The lowest BCUT2D eigenvalue weighted by molar-refractivity contribution is 0.0588. The Morgan fingerprint density at radius 1 is 1.35 bits per heavy atom. The SMILES string of the molecule is CC(C)(C)C(O)CNC(=O)c1cnc(-c2ccc(F)c(F)c2)s1. The van der Waals surface area contributed by atoms with Crippen LogP contribution in [0.2, 0.25) is 0 Å². The molecule has 1 amide bonds. The summed E-state index contributed by atoms with van der Waals surface area (Å²) in [5.74, 6) is -2.25. The number of hydrogen-bond acceptors (Lipinski definition) is 4. The largest absolute Gasteiger partial charge is 0.391 e. The van der Waals surface area contributed by atoms with Crippen LogP contribution in [-0.4, -0.2) is 28.6 Å². The van der Waals surface area contributed by atoms with Crippen LogP contribution in [0.1, 0.15) is 30.4 Å². The first-order chi connectivity index (χ1) is 10.7. The molecule has 0 aliphatic heterocycles. The van der Waals surface area contributed by atoms with Crippen LogP contribution < -0.4 is 5.32 Å². The van der Waals surface area contributed by atoms with Gasteiger partial charge in [0.05, 0.1) is 12.3 Å². The van der Waals surface area contributed by atoms with Crippen molar-refractivity contribution in [3.8, 4) is 10.6 Å². The molecule has 1 atom stereocenters. The molecule has 2 rings (SSSR count). The number of halogens is 2. The second-order valence-corrected chi connectivity index (χ2v) is 7.28. The predicted octanol–water partition coefficient (Wildman–Crippen LogP) is 3.23. The molecular formula is C16H18F2N2O2S. The summed E-state index contributed by atoms with van der Waals surface area (Å²) in [6, 6.07) is 3.47. The van der Waals surface area contributed by atoms with Crippen LogP contribution in [0.25, 0.3) is 10.6 Å².